The van der Waals surface area contributed by atoms with Crippen molar-refractivity contribution >= 4 is 62.1 Å². The quantitative estimate of drug-likeness (QED) is 0.491. The first-order valence-electron chi connectivity index (χ1n) is 8.36. The Balaban J connectivity index is 1.67. The van der Waals surface area contributed by atoms with E-state index in [0.717, 1.165) is 5.56 Å². The van der Waals surface area contributed by atoms with Crippen molar-refractivity contribution in [1.29, 1.82) is 0 Å². The van der Waals surface area contributed by atoms with Crippen LogP contribution < -0.4 is 10.0 Å². The van der Waals surface area contributed by atoms with Crippen LogP contribution in [0.2, 0.25) is 15.1 Å². The van der Waals surface area contributed by atoms with Gasteiger partial charge in [-0.1, -0.05) is 53.0 Å². The molecule has 0 heterocycles. The first-order chi connectivity index (χ1) is 13.7. The van der Waals surface area contributed by atoms with Gasteiger partial charge in [0.1, 0.15) is 4.90 Å². The molecule has 3 aromatic rings. The van der Waals surface area contributed by atoms with Gasteiger partial charge in [0.15, 0.2) is 0 Å². The van der Waals surface area contributed by atoms with Gasteiger partial charge in [0, 0.05) is 16.4 Å². The van der Waals surface area contributed by atoms with Gasteiger partial charge in [0.25, 0.3) is 10.0 Å². The lowest BCUT2D eigenvalue weighted by molar-refractivity contribution is -0.115. The summed E-state index contributed by atoms with van der Waals surface area (Å²) in [6.45, 7) is 0. The highest BCUT2D eigenvalue weighted by Gasteiger charge is 2.21. The third-order valence-electron chi connectivity index (χ3n) is 3.89. The van der Waals surface area contributed by atoms with E-state index in [0.29, 0.717) is 16.4 Å². The molecule has 0 aliphatic heterocycles. The summed E-state index contributed by atoms with van der Waals surface area (Å²) in [5.41, 5.74) is 1.66. The number of nitrogens with one attached hydrogen (secondary N) is 2. The second kappa shape index (κ2) is 9.05. The predicted octanol–water partition coefficient (Wildman–Crippen LogP) is 5.63. The van der Waals surface area contributed by atoms with Crippen molar-refractivity contribution in [2.45, 2.75) is 11.3 Å². The molecule has 0 unspecified atom stereocenters. The monoisotopic (exact) mass is 468 g/mol. The molecule has 0 aliphatic carbocycles. The minimum Gasteiger partial charge on any atom is -0.326 e. The molecule has 0 aromatic heterocycles. The van der Waals surface area contributed by atoms with E-state index in [4.69, 9.17) is 34.8 Å². The zero-order valence-corrected chi connectivity index (χ0v) is 17.9. The normalized spacial score (nSPS) is 11.1. The fourth-order valence-electron chi connectivity index (χ4n) is 2.56. The van der Waals surface area contributed by atoms with Gasteiger partial charge in [-0.2, -0.15) is 0 Å². The Hall–Kier alpha value is -2.25. The summed E-state index contributed by atoms with van der Waals surface area (Å²) in [6.07, 6.45) is 0.191. The van der Waals surface area contributed by atoms with Crippen molar-refractivity contribution in [3.63, 3.8) is 0 Å². The van der Waals surface area contributed by atoms with E-state index in [2.05, 4.69) is 10.0 Å². The van der Waals surface area contributed by atoms with Crippen molar-refractivity contribution in [2.75, 3.05) is 10.0 Å². The Morgan fingerprint density at radius 1 is 0.793 bits per heavy atom. The fraction of sp³-hybridized carbons (Fsp3) is 0.0500. The number of halogens is 3. The van der Waals surface area contributed by atoms with Crippen molar-refractivity contribution < 1.29 is 13.2 Å². The van der Waals surface area contributed by atoms with Crippen LogP contribution in [0.1, 0.15) is 5.56 Å². The van der Waals surface area contributed by atoms with E-state index in [9.17, 15) is 13.2 Å². The largest absolute Gasteiger partial charge is 0.326 e. The van der Waals surface area contributed by atoms with E-state index < -0.39 is 10.0 Å². The summed E-state index contributed by atoms with van der Waals surface area (Å²) < 4.78 is 27.6. The van der Waals surface area contributed by atoms with Crippen molar-refractivity contribution in [3.05, 3.63) is 87.4 Å². The molecule has 0 fully saturated rings. The van der Waals surface area contributed by atoms with Crippen LogP contribution in [0.4, 0.5) is 11.4 Å². The molecule has 0 spiro atoms. The number of benzene rings is 3. The van der Waals surface area contributed by atoms with Gasteiger partial charge in [0.2, 0.25) is 5.91 Å². The number of carbonyl (C=O) groups is 1. The molecule has 3 aromatic carbocycles. The SMILES string of the molecule is O=C(Cc1ccc(Cl)cc1)Nc1ccc(NS(=O)(=O)c2c(Cl)cccc2Cl)cc1. The molecule has 0 saturated carbocycles. The number of anilines is 2. The van der Waals surface area contributed by atoms with Gasteiger partial charge < -0.3 is 5.32 Å². The third-order valence-corrected chi connectivity index (χ3v) is 6.47. The van der Waals surface area contributed by atoms with Crippen LogP contribution in [0.3, 0.4) is 0 Å². The third kappa shape index (κ3) is 5.64. The van der Waals surface area contributed by atoms with E-state index in [1.807, 2.05) is 0 Å². The molecular weight excluding hydrogens is 455 g/mol. The molecule has 0 saturated heterocycles. The lowest BCUT2D eigenvalue weighted by Gasteiger charge is -2.12. The average molecular weight is 470 g/mol. The van der Waals surface area contributed by atoms with Crippen LogP contribution in [0.25, 0.3) is 0 Å². The second-order valence-electron chi connectivity index (χ2n) is 6.09. The second-order valence-corrected chi connectivity index (χ2v) is 8.96. The van der Waals surface area contributed by atoms with E-state index in [-0.39, 0.29) is 27.3 Å². The van der Waals surface area contributed by atoms with Crippen molar-refractivity contribution in [1.82, 2.24) is 0 Å². The fourth-order valence-corrected chi connectivity index (χ4v) is 4.89. The van der Waals surface area contributed by atoms with E-state index in [1.165, 1.54) is 24.3 Å². The van der Waals surface area contributed by atoms with E-state index in [1.54, 1.807) is 42.5 Å². The Morgan fingerprint density at radius 3 is 1.93 bits per heavy atom. The molecular formula is C20H15Cl3N2O3S. The number of hydrogen-bond donors (Lipinski definition) is 2. The summed E-state index contributed by atoms with van der Waals surface area (Å²) in [4.78, 5) is 12.0. The Bertz CT molecular complexity index is 1110. The maximum Gasteiger partial charge on any atom is 0.264 e. The zero-order valence-electron chi connectivity index (χ0n) is 14.8. The Labute approximate surface area is 183 Å². The molecule has 150 valence electrons. The molecule has 2 N–H and O–H groups in total. The zero-order chi connectivity index (χ0) is 21.0. The summed E-state index contributed by atoms with van der Waals surface area (Å²) in [6, 6.07) is 17.7. The molecule has 9 heteroatoms. The molecule has 3 rings (SSSR count). The number of carbonyl (C=O) groups excluding carboxylic acids is 1. The molecule has 29 heavy (non-hydrogen) atoms. The summed E-state index contributed by atoms with van der Waals surface area (Å²) in [5, 5.41) is 3.40. The number of sulfonamides is 1. The van der Waals surface area contributed by atoms with Crippen LogP contribution in [0.5, 0.6) is 0 Å². The highest BCUT2D eigenvalue weighted by Crippen LogP contribution is 2.30. The van der Waals surface area contributed by atoms with E-state index >= 15 is 0 Å². The smallest absolute Gasteiger partial charge is 0.264 e. The predicted molar refractivity (Wildman–Crippen MR) is 117 cm³/mol. The van der Waals surface area contributed by atoms with Gasteiger partial charge in [-0.05, 0) is 54.1 Å². The Kier molecular flexibility index (Phi) is 6.70. The van der Waals surface area contributed by atoms with Crippen LogP contribution in [-0.4, -0.2) is 14.3 Å². The van der Waals surface area contributed by atoms with Gasteiger partial charge in [-0.3, -0.25) is 9.52 Å². The molecule has 5 nitrogen and oxygen atoms in total. The van der Waals surface area contributed by atoms with Gasteiger partial charge >= 0.3 is 0 Å². The average Bonchev–Trinajstić information content (AvgIpc) is 2.64. The van der Waals surface area contributed by atoms with Crippen molar-refractivity contribution in [3.8, 4) is 0 Å². The Morgan fingerprint density at radius 2 is 1.34 bits per heavy atom. The topological polar surface area (TPSA) is 75.3 Å². The summed E-state index contributed by atoms with van der Waals surface area (Å²) >= 11 is 17.8. The highest BCUT2D eigenvalue weighted by atomic mass is 35.5. The van der Waals surface area contributed by atoms with Crippen LogP contribution >= 0.6 is 34.8 Å². The maximum atomic E-state index is 12.6. The molecule has 0 radical (unpaired) electrons. The highest BCUT2D eigenvalue weighted by molar-refractivity contribution is 7.93. The van der Waals surface area contributed by atoms with Gasteiger partial charge in [0.05, 0.1) is 16.5 Å². The van der Waals surface area contributed by atoms with Crippen LogP contribution in [0.15, 0.2) is 71.6 Å². The number of hydrogen-bond acceptors (Lipinski definition) is 3. The minimum atomic E-state index is -3.97. The standard InChI is InChI=1S/C20H15Cl3N2O3S/c21-14-6-4-13(5-7-14)12-19(26)24-15-8-10-16(11-9-15)25-29(27,28)20-17(22)2-1-3-18(20)23/h1-11,25H,12H2,(H,24,26). The first kappa shape index (κ1) is 21.5. The number of amides is 1. The molecule has 0 atom stereocenters. The first-order valence-corrected chi connectivity index (χ1v) is 11.0. The maximum absolute atomic E-state index is 12.6. The number of rotatable bonds is 6. The lowest BCUT2D eigenvalue weighted by Crippen LogP contribution is -2.15. The van der Waals surface area contributed by atoms with Crippen molar-refractivity contribution in [2.24, 2.45) is 0 Å². The minimum absolute atomic E-state index is 0.0242. The molecule has 1 amide bonds. The summed E-state index contributed by atoms with van der Waals surface area (Å²) in [5.74, 6) is -0.205. The van der Waals surface area contributed by atoms with Gasteiger partial charge in [-0.25, -0.2) is 8.42 Å². The lowest BCUT2D eigenvalue weighted by atomic mass is 10.1. The van der Waals surface area contributed by atoms with Crippen LogP contribution in [-0.2, 0) is 21.2 Å². The molecule has 0 aliphatic rings. The molecule has 0 bridgehead atoms. The van der Waals surface area contributed by atoms with Gasteiger partial charge in [-0.15, -0.1) is 0 Å². The van der Waals surface area contributed by atoms with Crippen LogP contribution in [0, 0.1) is 0 Å². The summed E-state index contributed by atoms with van der Waals surface area (Å²) in [7, 11) is -3.97.